The maximum absolute atomic E-state index is 12.6. The summed E-state index contributed by atoms with van der Waals surface area (Å²) in [6.07, 6.45) is 7.57. The van der Waals surface area contributed by atoms with Gasteiger partial charge < -0.3 is 9.64 Å². The van der Waals surface area contributed by atoms with Crippen molar-refractivity contribution in [3.05, 3.63) is 54.6 Å². The molecule has 0 radical (unpaired) electrons. The van der Waals surface area contributed by atoms with Crippen LogP contribution in [-0.4, -0.2) is 55.0 Å². The monoisotopic (exact) mass is 376 g/mol. The van der Waals surface area contributed by atoms with Crippen LogP contribution in [0.4, 0.5) is 0 Å². The quantitative estimate of drug-likeness (QED) is 0.748. The van der Waals surface area contributed by atoms with E-state index in [1.807, 2.05) is 35.2 Å². The molecule has 1 heterocycles. The molecule has 0 unspecified atom stereocenters. The highest BCUT2D eigenvalue weighted by molar-refractivity contribution is 5.84. The second-order valence-electron chi connectivity index (χ2n) is 8.52. The normalized spacial score (nSPS) is 26.9. The number of benzene rings is 2. The Kier molecular flexibility index (Phi) is 4.81. The first kappa shape index (κ1) is 17.7. The lowest BCUT2D eigenvalue weighted by Crippen LogP contribution is -2.51. The highest BCUT2D eigenvalue weighted by atomic mass is 16.5. The molecular weight excluding hydrogens is 348 g/mol. The van der Waals surface area contributed by atoms with Crippen LogP contribution in [0, 0.1) is 17.8 Å². The lowest BCUT2D eigenvalue weighted by Gasteiger charge is -2.36. The van der Waals surface area contributed by atoms with Crippen LogP contribution in [-0.2, 0) is 4.79 Å². The molecule has 3 aliphatic rings. The fourth-order valence-electron chi connectivity index (χ4n) is 5.11. The first-order valence-electron chi connectivity index (χ1n) is 10.5. The molecule has 4 heteroatoms. The van der Waals surface area contributed by atoms with Gasteiger partial charge in [-0.25, -0.2) is 0 Å². The van der Waals surface area contributed by atoms with E-state index in [0.29, 0.717) is 0 Å². The molecular formula is C24H28N2O2. The van der Waals surface area contributed by atoms with Gasteiger partial charge in [0, 0.05) is 32.7 Å². The molecule has 3 atom stereocenters. The summed E-state index contributed by atoms with van der Waals surface area (Å²) in [5.41, 5.74) is 0. The zero-order chi connectivity index (χ0) is 18.9. The van der Waals surface area contributed by atoms with Crippen molar-refractivity contribution in [3.63, 3.8) is 0 Å². The van der Waals surface area contributed by atoms with Gasteiger partial charge in [-0.15, -0.1) is 0 Å². The second-order valence-corrected chi connectivity index (χ2v) is 8.52. The summed E-state index contributed by atoms with van der Waals surface area (Å²) in [7, 11) is 0. The van der Waals surface area contributed by atoms with E-state index in [-0.39, 0.29) is 12.5 Å². The highest BCUT2D eigenvalue weighted by Gasteiger charge is 2.36. The van der Waals surface area contributed by atoms with E-state index in [9.17, 15) is 4.79 Å². The molecule has 2 fully saturated rings. The summed E-state index contributed by atoms with van der Waals surface area (Å²) in [6, 6.07) is 14.2. The molecule has 2 aromatic rings. The zero-order valence-electron chi connectivity index (χ0n) is 16.3. The second kappa shape index (κ2) is 7.59. The molecule has 1 aliphatic heterocycles. The Morgan fingerprint density at radius 3 is 2.54 bits per heavy atom. The molecule has 2 aliphatic carbocycles. The Morgan fingerprint density at radius 1 is 0.964 bits per heavy atom. The summed E-state index contributed by atoms with van der Waals surface area (Å²) in [6.45, 7) is 4.92. The number of carbonyl (C=O) groups is 1. The average Bonchev–Trinajstić information content (AvgIpc) is 3.36. The number of amides is 1. The standard InChI is InChI=1S/C24H28N2O2/c27-24(17-28-23-8-7-19-3-1-2-4-20(19)15-23)26-11-9-25(10-12-26)16-22-14-18-5-6-21(22)13-18/h1-8,15,18,21-22H,9-14,16-17H2/t18-,21-,22-/m1/s1. The topological polar surface area (TPSA) is 32.8 Å². The van der Waals surface area contributed by atoms with E-state index >= 15 is 0 Å². The molecule has 0 aromatic heterocycles. The summed E-state index contributed by atoms with van der Waals surface area (Å²) >= 11 is 0. The molecule has 1 saturated carbocycles. The third-order valence-corrected chi connectivity index (χ3v) is 6.72. The van der Waals surface area contributed by atoms with Crippen molar-refractivity contribution >= 4 is 16.7 Å². The van der Waals surface area contributed by atoms with Gasteiger partial charge in [-0.1, -0.05) is 42.5 Å². The van der Waals surface area contributed by atoms with Crippen molar-refractivity contribution in [3.8, 4) is 5.75 Å². The molecule has 2 aromatic carbocycles. The van der Waals surface area contributed by atoms with Crippen LogP contribution in [0.3, 0.4) is 0 Å². The summed E-state index contributed by atoms with van der Waals surface area (Å²) in [4.78, 5) is 17.1. The molecule has 28 heavy (non-hydrogen) atoms. The van der Waals surface area contributed by atoms with Gasteiger partial charge in [0.25, 0.3) is 5.91 Å². The van der Waals surface area contributed by atoms with Crippen LogP contribution in [0.15, 0.2) is 54.6 Å². The minimum absolute atomic E-state index is 0.0932. The van der Waals surface area contributed by atoms with E-state index in [1.54, 1.807) is 0 Å². The van der Waals surface area contributed by atoms with Crippen LogP contribution in [0.2, 0.25) is 0 Å². The molecule has 1 saturated heterocycles. The third kappa shape index (κ3) is 3.66. The molecule has 0 spiro atoms. The van der Waals surface area contributed by atoms with Crippen LogP contribution in [0.1, 0.15) is 12.8 Å². The van der Waals surface area contributed by atoms with Crippen LogP contribution in [0.5, 0.6) is 5.75 Å². The highest BCUT2D eigenvalue weighted by Crippen LogP contribution is 2.43. The first-order valence-corrected chi connectivity index (χ1v) is 10.5. The largest absolute Gasteiger partial charge is 0.484 e. The van der Waals surface area contributed by atoms with E-state index in [2.05, 4.69) is 29.2 Å². The number of carbonyl (C=O) groups excluding carboxylic acids is 1. The molecule has 2 bridgehead atoms. The maximum Gasteiger partial charge on any atom is 0.260 e. The van der Waals surface area contributed by atoms with Gasteiger partial charge in [-0.05, 0) is 53.5 Å². The Hall–Kier alpha value is -2.33. The van der Waals surface area contributed by atoms with E-state index in [0.717, 1.165) is 55.1 Å². The number of allylic oxidation sites excluding steroid dienone is 2. The molecule has 5 rings (SSSR count). The number of piperazine rings is 1. The fourth-order valence-corrected chi connectivity index (χ4v) is 5.11. The number of fused-ring (bicyclic) bond motifs is 3. The predicted molar refractivity (Wildman–Crippen MR) is 111 cm³/mol. The molecule has 4 nitrogen and oxygen atoms in total. The molecule has 1 amide bonds. The van der Waals surface area contributed by atoms with Gasteiger partial charge in [0.15, 0.2) is 6.61 Å². The van der Waals surface area contributed by atoms with Gasteiger partial charge in [-0.3, -0.25) is 9.69 Å². The fraction of sp³-hybridized carbons (Fsp3) is 0.458. The number of hydrogen-bond donors (Lipinski definition) is 0. The van der Waals surface area contributed by atoms with Crippen molar-refractivity contribution in [2.45, 2.75) is 12.8 Å². The lowest BCUT2D eigenvalue weighted by atomic mass is 9.93. The van der Waals surface area contributed by atoms with Crippen LogP contribution in [0.25, 0.3) is 10.8 Å². The van der Waals surface area contributed by atoms with Crippen LogP contribution >= 0.6 is 0 Å². The maximum atomic E-state index is 12.6. The van der Waals surface area contributed by atoms with Gasteiger partial charge in [0.05, 0.1) is 0 Å². The smallest absolute Gasteiger partial charge is 0.260 e. The Labute approximate surface area is 166 Å². The third-order valence-electron chi connectivity index (χ3n) is 6.72. The summed E-state index contributed by atoms with van der Waals surface area (Å²) in [5, 5.41) is 2.32. The van der Waals surface area contributed by atoms with Crippen molar-refractivity contribution < 1.29 is 9.53 Å². The van der Waals surface area contributed by atoms with Crippen LogP contribution < -0.4 is 4.74 Å². The van der Waals surface area contributed by atoms with Crippen molar-refractivity contribution in [1.82, 2.24) is 9.80 Å². The van der Waals surface area contributed by atoms with Gasteiger partial charge in [0.1, 0.15) is 5.75 Å². The zero-order valence-corrected chi connectivity index (χ0v) is 16.3. The predicted octanol–water partition coefficient (Wildman–Crippen LogP) is 3.58. The first-order chi connectivity index (χ1) is 13.7. The number of ether oxygens (including phenoxy) is 1. The Morgan fingerprint density at radius 2 is 1.79 bits per heavy atom. The lowest BCUT2D eigenvalue weighted by molar-refractivity contribution is -0.135. The van der Waals surface area contributed by atoms with E-state index in [1.165, 1.54) is 24.8 Å². The Bertz CT molecular complexity index is 885. The van der Waals surface area contributed by atoms with Crippen molar-refractivity contribution in [1.29, 1.82) is 0 Å². The summed E-state index contributed by atoms with van der Waals surface area (Å²) in [5.74, 6) is 3.32. The molecule has 146 valence electrons. The summed E-state index contributed by atoms with van der Waals surface area (Å²) < 4.78 is 5.78. The number of rotatable bonds is 5. The number of hydrogen-bond acceptors (Lipinski definition) is 3. The minimum Gasteiger partial charge on any atom is -0.484 e. The number of nitrogens with zero attached hydrogens (tertiary/aromatic N) is 2. The van der Waals surface area contributed by atoms with E-state index < -0.39 is 0 Å². The Balaban J connectivity index is 1.09. The SMILES string of the molecule is O=C(COc1ccc2ccccc2c1)N1CCN(C[C@H]2C[C@@H]3C=C[C@@H]2C3)CC1. The average molecular weight is 377 g/mol. The molecule has 0 N–H and O–H groups in total. The van der Waals surface area contributed by atoms with Gasteiger partial charge >= 0.3 is 0 Å². The van der Waals surface area contributed by atoms with Crippen molar-refractivity contribution in [2.24, 2.45) is 17.8 Å². The van der Waals surface area contributed by atoms with Gasteiger partial charge in [0.2, 0.25) is 0 Å². The minimum atomic E-state index is 0.0932. The van der Waals surface area contributed by atoms with Gasteiger partial charge in [-0.2, -0.15) is 0 Å². The van der Waals surface area contributed by atoms with E-state index in [4.69, 9.17) is 4.74 Å². The van der Waals surface area contributed by atoms with Crippen molar-refractivity contribution in [2.75, 3.05) is 39.3 Å².